The molecule has 1 amide bonds. The summed E-state index contributed by atoms with van der Waals surface area (Å²) in [6.45, 7) is 9.57. The van der Waals surface area contributed by atoms with Gasteiger partial charge in [-0.2, -0.15) is 0 Å². The lowest BCUT2D eigenvalue weighted by Crippen LogP contribution is -2.49. The third-order valence-electron chi connectivity index (χ3n) is 7.20. The van der Waals surface area contributed by atoms with Gasteiger partial charge >= 0.3 is 0 Å². The number of anilines is 2. The number of carbonyl (C=O) groups is 1. The van der Waals surface area contributed by atoms with E-state index in [0.717, 1.165) is 68.8 Å². The Morgan fingerprint density at radius 2 is 1.63 bits per heavy atom. The minimum Gasteiger partial charge on any atom is -0.353 e. The summed E-state index contributed by atoms with van der Waals surface area (Å²) < 4.78 is 2.05. The maximum absolute atomic E-state index is 13.4. The van der Waals surface area contributed by atoms with Crippen molar-refractivity contribution in [3.05, 3.63) is 70.8 Å². The summed E-state index contributed by atoms with van der Waals surface area (Å²) in [5, 5.41) is 0.698. The first-order chi connectivity index (χ1) is 17.0. The zero-order chi connectivity index (χ0) is 24.4. The van der Waals surface area contributed by atoms with Crippen molar-refractivity contribution in [3.63, 3.8) is 0 Å². The number of amides is 1. The van der Waals surface area contributed by atoms with Gasteiger partial charge in [0.25, 0.3) is 5.91 Å². The zero-order valence-corrected chi connectivity index (χ0v) is 21.2. The molecule has 2 aliphatic heterocycles. The fraction of sp³-hybridized carbons (Fsp3) is 0.423. The van der Waals surface area contributed by atoms with Crippen LogP contribution in [0.5, 0.6) is 0 Å². The summed E-state index contributed by atoms with van der Waals surface area (Å²) in [6, 6.07) is 11.8. The first-order valence-electron chi connectivity index (χ1n) is 12.2. The number of aromatic nitrogens is 3. The third-order valence-corrected chi connectivity index (χ3v) is 7.50. The lowest BCUT2D eigenvalue weighted by atomic mass is 10.2. The highest BCUT2D eigenvalue weighted by Crippen LogP contribution is 2.25. The summed E-state index contributed by atoms with van der Waals surface area (Å²) in [7, 11) is 2.00. The van der Waals surface area contributed by atoms with E-state index >= 15 is 0 Å². The van der Waals surface area contributed by atoms with Crippen LogP contribution in [0.25, 0.3) is 0 Å². The van der Waals surface area contributed by atoms with E-state index in [1.54, 1.807) is 6.20 Å². The first-order valence-corrected chi connectivity index (χ1v) is 12.6. The molecule has 0 aliphatic carbocycles. The smallest absolute Gasteiger partial charge is 0.270 e. The van der Waals surface area contributed by atoms with Crippen molar-refractivity contribution in [1.29, 1.82) is 0 Å². The molecule has 0 atom stereocenters. The first kappa shape index (κ1) is 23.6. The minimum atomic E-state index is 0.108. The molecule has 184 valence electrons. The number of hydrogen-bond acceptors (Lipinski definition) is 6. The van der Waals surface area contributed by atoms with Crippen molar-refractivity contribution < 1.29 is 4.79 Å². The van der Waals surface area contributed by atoms with Crippen molar-refractivity contribution in [2.45, 2.75) is 13.5 Å². The molecule has 0 spiro atoms. The molecule has 3 aromatic heterocycles. The highest BCUT2D eigenvalue weighted by molar-refractivity contribution is 6.32. The van der Waals surface area contributed by atoms with Crippen molar-refractivity contribution in [2.75, 3.05) is 62.2 Å². The van der Waals surface area contributed by atoms with E-state index in [-0.39, 0.29) is 5.91 Å². The number of pyridine rings is 2. The molecule has 2 aliphatic rings. The lowest BCUT2D eigenvalue weighted by molar-refractivity contribution is 0.0736. The maximum atomic E-state index is 13.4. The van der Waals surface area contributed by atoms with Crippen LogP contribution in [-0.4, -0.2) is 82.6 Å². The predicted molar refractivity (Wildman–Crippen MR) is 139 cm³/mol. The van der Waals surface area contributed by atoms with Gasteiger partial charge in [0.05, 0.1) is 5.02 Å². The van der Waals surface area contributed by atoms with Crippen molar-refractivity contribution in [1.82, 2.24) is 24.3 Å². The van der Waals surface area contributed by atoms with Crippen LogP contribution >= 0.6 is 11.6 Å². The SMILES string of the molecule is Cc1c(CN2CCN(c3ncccc3Cl)CC2)cc(C(=O)N2CCN(c3ccccn3)CC2)n1C. The molecule has 0 bridgehead atoms. The fourth-order valence-corrected chi connectivity index (χ4v) is 5.18. The van der Waals surface area contributed by atoms with Crippen LogP contribution in [0.3, 0.4) is 0 Å². The van der Waals surface area contributed by atoms with Gasteiger partial charge in [-0.25, -0.2) is 9.97 Å². The molecule has 9 heteroatoms. The Hall–Kier alpha value is -3.10. The van der Waals surface area contributed by atoms with E-state index in [2.05, 4.69) is 37.7 Å². The Balaban J connectivity index is 1.19. The Morgan fingerprint density at radius 3 is 2.31 bits per heavy atom. The predicted octanol–water partition coefficient (Wildman–Crippen LogP) is 3.06. The summed E-state index contributed by atoms with van der Waals surface area (Å²) in [6.07, 6.45) is 3.60. The molecule has 3 aromatic rings. The molecule has 0 aromatic carbocycles. The number of rotatable bonds is 5. The number of nitrogens with zero attached hydrogens (tertiary/aromatic N) is 7. The van der Waals surface area contributed by atoms with E-state index in [1.807, 2.05) is 53.0 Å². The van der Waals surface area contributed by atoms with Gasteiger partial charge in [0.1, 0.15) is 17.3 Å². The molecule has 0 saturated carbocycles. The molecule has 35 heavy (non-hydrogen) atoms. The Morgan fingerprint density at radius 1 is 0.914 bits per heavy atom. The molecule has 0 radical (unpaired) electrons. The highest BCUT2D eigenvalue weighted by Gasteiger charge is 2.27. The molecule has 5 heterocycles. The fourth-order valence-electron chi connectivity index (χ4n) is 4.94. The van der Waals surface area contributed by atoms with Gasteiger partial charge in [-0.05, 0) is 42.8 Å². The maximum Gasteiger partial charge on any atom is 0.270 e. The monoisotopic (exact) mass is 493 g/mol. The van der Waals surface area contributed by atoms with Crippen LogP contribution < -0.4 is 9.80 Å². The molecule has 0 unspecified atom stereocenters. The van der Waals surface area contributed by atoms with Gasteiger partial charge in [0.2, 0.25) is 0 Å². The van der Waals surface area contributed by atoms with Crippen LogP contribution in [0.4, 0.5) is 11.6 Å². The van der Waals surface area contributed by atoms with Gasteiger partial charge < -0.3 is 19.3 Å². The highest BCUT2D eigenvalue weighted by atomic mass is 35.5. The number of piperazine rings is 2. The molecular formula is C26H32ClN7O. The lowest BCUT2D eigenvalue weighted by Gasteiger charge is -2.35. The van der Waals surface area contributed by atoms with Gasteiger partial charge in [0, 0.05) is 84.0 Å². The van der Waals surface area contributed by atoms with Crippen molar-refractivity contribution in [2.24, 2.45) is 7.05 Å². The average molecular weight is 494 g/mol. The summed E-state index contributed by atoms with van der Waals surface area (Å²) in [5.41, 5.74) is 3.13. The largest absolute Gasteiger partial charge is 0.353 e. The molecular weight excluding hydrogens is 462 g/mol. The van der Waals surface area contributed by atoms with Crippen LogP contribution in [0.1, 0.15) is 21.7 Å². The normalized spacial score (nSPS) is 17.2. The van der Waals surface area contributed by atoms with Crippen LogP contribution in [0.15, 0.2) is 48.8 Å². The molecule has 8 nitrogen and oxygen atoms in total. The van der Waals surface area contributed by atoms with E-state index in [4.69, 9.17) is 11.6 Å². The van der Waals surface area contributed by atoms with Gasteiger partial charge in [0.15, 0.2) is 0 Å². The molecule has 2 saturated heterocycles. The second-order valence-electron chi connectivity index (χ2n) is 9.24. The average Bonchev–Trinajstić information content (AvgIpc) is 3.18. The van der Waals surface area contributed by atoms with Crippen LogP contribution in [0.2, 0.25) is 5.02 Å². The van der Waals surface area contributed by atoms with Crippen molar-refractivity contribution >= 4 is 29.1 Å². The van der Waals surface area contributed by atoms with Crippen LogP contribution in [0, 0.1) is 6.92 Å². The van der Waals surface area contributed by atoms with E-state index < -0.39 is 0 Å². The summed E-state index contributed by atoms with van der Waals surface area (Å²) >= 11 is 6.34. The zero-order valence-electron chi connectivity index (χ0n) is 20.4. The quantitative estimate of drug-likeness (QED) is 0.544. The van der Waals surface area contributed by atoms with Gasteiger partial charge in [-0.3, -0.25) is 9.69 Å². The van der Waals surface area contributed by atoms with Crippen LogP contribution in [-0.2, 0) is 13.6 Å². The minimum absolute atomic E-state index is 0.108. The van der Waals surface area contributed by atoms with E-state index in [9.17, 15) is 4.79 Å². The van der Waals surface area contributed by atoms with Crippen molar-refractivity contribution in [3.8, 4) is 0 Å². The van der Waals surface area contributed by atoms with E-state index in [1.165, 1.54) is 5.56 Å². The third kappa shape index (κ3) is 4.99. The Labute approximate surface area is 211 Å². The second kappa shape index (κ2) is 10.3. The molecule has 2 fully saturated rings. The Bertz CT molecular complexity index is 1170. The Kier molecular flexibility index (Phi) is 6.92. The van der Waals surface area contributed by atoms with Gasteiger partial charge in [-0.15, -0.1) is 0 Å². The second-order valence-corrected chi connectivity index (χ2v) is 9.65. The topological polar surface area (TPSA) is 60.7 Å². The summed E-state index contributed by atoms with van der Waals surface area (Å²) in [4.78, 5) is 31.2. The number of carbonyl (C=O) groups excluding carboxylic acids is 1. The van der Waals surface area contributed by atoms with Gasteiger partial charge in [-0.1, -0.05) is 17.7 Å². The van der Waals surface area contributed by atoms with E-state index in [0.29, 0.717) is 18.1 Å². The standard InChI is InChI=1S/C26H32ClN7O/c1-20-21(19-31-10-12-33(13-11-31)25-22(27)6-5-9-29-25)18-23(30(20)2)26(35)34-16-14-32(15-17-34)24-7-3-4-8-28-24/h3-9,18H,10-17,19H2,1-2H3. The molecule has 0 N–H and O–H groups in total. The molecule has 5 rings (SSSR count). The number of hydrogen-bond donors (Lipinski definition) is 0. The summed E-state index contributed by atoms with van der Waals surface area (Å²) in [5.74, 6) is 1.94. The number of halogens is 1.